The van der Waals surface area contributed by atoms with E-state index in [1.165, 1.54) is 0 Å². The molecular formula is C17H20N4O4. The molecule has 2 atom stereocenters. The molecule has 1 aromatic carbocycles. The minimum absolute atomic E-state index is 0.198. The number of nitrogens with zero attached hydrogens (tertiary/aromatic N) is 1. The molecule has 1 aliphatic rings. The van der Waals surface area contributed by atoms with Crippen molar-refractivity contribution in [2.45, 2.75) is 39.3 Å². The summed E-state index contributed by atoms with van der Waals surface area (Å²) in [6.07, 6.45) is 0.0472. The van der Waals surface area contributed by atoms with Crippen molar-refractivity contribution in [1.82, 2.24) is 5.16 Å². The fraction of sp³-hybridized carbons (Fsp3) is 0.353. The van der Waals surface area contributed by atoms with Crippen molar-refractivity contribution in [3.63, 3.8) is 0 Å². The summed E-state index contributed by atoms with van der Waals surface area (Å²) in [6.45, 7) is 5.34. The summed E-state index contributed by atoms with van der Waals surface area (Å²) in [7, 11) is 0. The Labute approximate surface area is 144 Å². The van der Waals surface area contributed by atoms with E-state index in [-0.39, 0.29) is 11.8 Å². The molecule has 8 nitrogen and oxygen atoms in total. The van der Waals surface area contributed by atoms with Crippen LogP contribution in [0.15, 0.2) is 28.8 Å². The Morgan fingerprint density at radius 2 is 2.20 bits per heavy atom. The maximum Gasteiger partial charge on any atom is 0.265 e. The van der Waals surface area contributed by atoms with E-state index < -0.39 is 12.1 Å². The van der Waals surface area contributed by atoms with Crippen LogP contribution in [-0.4, -0.2) is 29.1 Å². The highest BCUT2D eigenvalue weighted by Crippen LogP contribution is 2.32. The molecule has 3 N–H and O–H groups in total. The van der Waals surface area contributed by atoms with E-state index in [2.05, 4.69) is 21.1 Å². The molecule has 2 unspecified atom stereocenters. The van der Waals surface area contributed by atoms with Crippen molar-refractivity contribution < 1.29 is 18.8 Å². The lowest BCUT2D eigenvalue weighted by atomic mass is 10.1. The molecule has 2 heterocycles. The molecule has 3 rings (SSSR count). The Morgan fingerprint density at radius 3 is 2.88 bits per heavy atom. The fourth-order valence-electron chi connectivity index (χ4n) is 2.49. The summed E-state index contributed by atoms with van der Waals surface area (Å²) in [4.78, 5) is 24.1. The lowest BCUT2D eigenvalue weighted by Crippen LogP contribution is -2.35. The van der Waals surface area contributed by atoms with Gasteiger partial charge in [-0.3, -0.25) is 9.59 Å². The van der Waals surface area contributed by atoms with Crippen LogP contribution in [-0.2, 0) is 9.59 Å². The maximum absolute atomic E-state index is 12.4. The molecule has 1 aromatic heterocycles. The van der Waals surface area contributed by atoms with E-state index in [0.29, 0.717) is 35.1 Å². The first kappa shape index (κ1) is 16.8. The van der Waals surface area contributed by atoms with Crippen molar-refractivity contribution in [3.8, 4) is 5.75 Å². The highest BCUT2D eigenvalue weighted by molar-refractivity contribution is 5.98. The largest absolute Gasteiger partial charge is 0.479 e. The number of amides is 2. The number of ether oxygens (including phenoxy) is 1. The van der Waals surface area contributed by atoms with Crippen molar-refractivity contribution in [2.24, 2.45) is 0 Å². The molecular weight excluding hydrogens is 324 g/mol. The maximum atomic E-state index is 12.4. The van der Waals surface area contributed by atoms with Crippen LogP contribution in [0.5, 0.6) is 5.75 Å². The Hall–Kier alpha value is -3.03. The van der Waals surface area contributed by atoms with E-state index in [1.807, 2.05) is 6.92 Å². The summed E-state index contributed by atoms with van der Waals surface area (Å²) in [6, 6.07) is 6.50. The summed E-state index contributed by atoms with van der Waals surface area (Å²) >= 11 is 0. The highest BCUT2D eigenvalue weighted by atomic mass is 16.5. The first-order valence-electron chi connectivity index (χ1n) is 8.08. The zero-order chi connectivity index (χ0) is 18.0. The number of benzene rings is 1. The van der Waals surface area contributed by atoms with Gasteiger partial charge in [-0.2, -0.15) is 0 Å². The minimum atomic E-state index is -0.522. The molecule has 0 spiro atoms. The van der Waals surface area contributed by atoms with Gasteiger partial charge in [0.25, 0.3) is 5.91 Å². The van der Waals surface area contributed by atoms with Crippen LogP contribution in [0.3, 0.4) is 0 Å². The monoisotopic (exact) mass is 344 g/mol. The summed E-state index contributed by atoms with van der Waals surface area (Å²) in [5.74, 6) is 1.19. The number of aryl methyl sites for hydroxylation is 1. The van der Waals surface area contributed by atoms with Crippen LogP contribution in [0.4, 0.5) is 17.2 Å². The van der Waals surface area contributed by atoms with E-state index in [0.717, 1.165) is 0 Å². The van der Waals surface area contributed by atoms with Gasteiger partial charge in [0.05, 0.1) is 5.69 Å². The van der Waals surface area contributed by atoms with Gasteiger partial charge in [0.2, 0.25) is 5.91 Å². The van der Waals surface area contributed by atoms with Gasteiger partial charge in [0.15, 0.2) is 11.9 Å². The van der Waals surface area contributed by atoms with Crippen LogP contribution >= 0.6 is 0 Å². The smallest absolute Gasteiger partial charge is 0.265 e. The number of fused-ring (bicyclic) bond motifs is 1. The van der Waals surface area contributed by atoms with E-state index in [1.54, 1.807) is 38.1 Å². The van der Waals surface area contributed by atoms with Gasteiger partial charge >= 0.3 is 0 Å². The number of nitrogens with one attached hydrogen (secondary N) is 3. The molecule has 2 amide bonds. The highest BCUT2D eigenvalue weighted by Gasteiger charge is 2.24. The van der Waals surface area contributed by atoms with E-state index in [4.69, 9.17) is 9.26 Å². The zero-order valence-corrected chi connectivity index (χ0v) is 14.3. The van der Waals surface area contributed by atoms with Crippen LogP contribution in [0.1, 0.15) is 26.0 Å². The second-order valence-corrected chi connectivity index (χ2v) is 5.88. The van der Waals surface area contributed by atoms with Crippen molar-refractivity contribution >= 4 is 29.0 Å². The topological polar surface area (TPSA) is 105 Å². The predicted molar refractivity (Wildman–Crippen MR) is 92.7 cm³/mol. The van der Waals surface area contributed by atoms with Crippen LogP contribution in [0, 0.1) is 6.92 Å². The number of aromatic nitrogens is 1. The van der Waals surface area contributed by atoms with Crippen molar-refractivity contribution in [3.05, 3.63) is 30.0 Å². The Kier molecular flexibility index (Phi) is 4.60. The van der Waals surface area contributed by atoms with Gasteiger partial charge in [-0.05, 0) is 38.5 Å². The van der Waals surface area contributed by atoms with Gasteiger partial charge in [0.1, 0.15) is 17.6 Å². The number of carbonyl (C=O) groups is 2. The van der Waals surface area contributed by atoms with Gasteiger partial charge in [-0.1, -0.05) is 12.1 Å². The van der Waals surface area contributed by atoms with Gasteiger partial charge < -0.3 is 25.2 Å². The Bertz CT molecular complexity index is 802. The van der Waals surface area contributed by atoms with Crippen molar-refractivity contribution in [1.29, 1.82) is 0 Å². The number of carbonyl (C=O) groups excluding carboxylic acids is 2. The average Bonchev–Trinajstić information content (AvgIpc) is 2.98. The lowest BCUT2D eigenvalue weighted by molar-refractivity contribution is -0.122. The number of hydrogen-bond acceptors (Lipinski definition) is 6. The summed E-state index contributed by atoms with van der Waals surface area (Å²) in [5.41, 5.74) is 1.28. The molecule has 0 fully saturated rings. The van der Waals surface area contributed by atoms with Gasteiger partial charge in [-0.15, -0.1) is 0 Å². The van der Waals surface area contributed by atoms with Crippen LogP contribution < -0.4 is 20.7 Å². The third-order valence-corrected chi connectivity index (χ3v) is 3.86. The van der Waals surface area contributed by atoms with Crippen LogP contribution in [0.25, 0.3) is 0 Å². The molecule has 0 saturated heterocycles. The Balaban J connectivity index is 1.70. The standard InChI is InChI=1S/C17H20N4O4/c1-4-12(17(23)20-15-7-9(2)25-21-15)18-11-5-6-14-13(8-11)19-16(22)10(3)24-14/h5-8,10,12,18H,4H2,1-3H3,(H,19,22)(H,20,21,23). The molecule has 0 radical (unpaired) electrons. The third kappa shape index (κ3) is 3.73. The van der Waals surface area contributed by atoms with Gasteiger partial charge in [-0.25, -0.2) is 0 Å². The van der Waals surface area contributed by atoms with Gasteiger partial charge in [0, 0.05) is 11.8 Å². The second kappa shape index (κ2) is 6.84. The molecule has 2 aromatic rings. The average molecular weight is 344 g/mol. The lowest BCUT2D eigenvalue weighted by Gasteiger charge is -2.24. The van der Waals surface area contributed by atoms with E-state index >= 15 is 0 Å². The number of anilines is 3. The fourth-order valence-corrected chi connectivity index (χ4v) is 2.49. The normalized spacial score (nSPS) is 17.1. The quantitative estimate of drug-likeness (QED) is 0.770. The number of hydrogen-bond donors (Lipinski definition) is 3. The first-order valence-corrected chi connectivity index (χ1v) is 8.08. The van der Waals surface area contributed by atoms with Crippen molar-refractivity contribution in [2.75, 3.05) is 16.0 Å². The summed E-state index contributed by atoms with van der Waals surface area (Å²) < 4.78 is 10.5. The number of rotatable bonds is 5. The molecule has 132 valence electrons. The predicted octanol–water partition coefficient (Wildman–Crippen LogP) is 2.53. The summed E-state index contributed by atoms with van der Waals surface area (Å²) in [5, 5.41) is 12.4. The SMILES string of the molecule is CCC(Nc1ccc2c(c1)NC(=O)C(C)O2)C(=O)Nc1cc(C)on1. The Morgan fingerprint density at radius 1 is 1.40 bits per heavy atom. The third-order valence-electron chi connectivity index (χ3n) is 3.86. The molecule has 0 bridgehead atoms. The van der Waals surface area contributed by atoms with Crippen LogP contribution in [0.2, 0.25) is 0 Å². The zero-order valence-electron chi connectivity index (χ0n) is 14.3. The molecule has 8 heteroatoms. The second-order valence-electron chi connectivity index (χ2n) is 5.88. The molecule has 25 heavy (non-hydrogen) atoms. The molecule has 0 aliphatic carbocycles. The molecule has 0 saturated carbocycles. The first-order chi connectivity index (χ1) is 12.0. The van der Waals surface area contributed by atoms with E-state index in [9.17, 15) is 9.59 Å². The molecule has 1 aliphatic heterocycles. The minimum Gasteiger partial charge on any atom is -0.479 e.